The molecule has 0 radical (unpaired) electrons. The average Bonchev–Trinajstić information content (AvgIpc) is 3.15. The molecule has 0 saturated heterocycles. The van der Waals surface area contributed by atoms with E-state index in [1.165, 1.54) is 41.6 Å². The normalized spacial score (nSPS) is 10.6. The second-order valence-corrected chi connectivity index (χ2v) is 6.93. The summed E-state index contributed by atoms with van der Waals surface area (Å²) < 4.78 is 10.6. The molecule has 0 atom stereocenters. The van der Waals surface area contributed by atoms with Crippen molar-refractivity contribution in [3.05, 3.63) is 75.7 Å². The molecule has 3 rings (SSSR count). The van der Waals surface area contributed by atoms with Gasteiger partial charge in [-0.3, -0.25) is 14.9 Å². The van der Waals surface area contributed by atoms with Crippen molar-refractivity contribution in [1.82, 2.24) is 10.2 Å². The Balaban J connectivity index is 1.46. The van der Waals surface area contributed by atoms with Crippen LogP contribution in [0, 0.1) is 17.0 Å². The molecule has 0 bridgehead atoms. The van der Waals surface area contributed by atoms with Gasteiger partial charge >= 0.3 is 5.97 Å². The van der Waals surface area contributed by atoms with E-state index < -0.39 is 4.92 Å². The standard InChI is InChI=1S/C19H17N3O5S/c1-13-3-2-4-14(9-13)11-28-12-18(23)26-10-17-20-21-19(27-17)15-5-7-16(8-6-15)22(24)25/h2-9H,10-12H2,1H3. The highest BCUT2D eigenvalue weighted by atomic mass is 32.2. The van der Waals surface area contributed by atoms with Gasteiger partial charge in [0.15, 0.2) is 6.61 Å². The van der Waals surface area contributed by atoms with Gasteiger partial charge in [-0.05, 0) is 24.6 Å². The number of esters is 1. The zero-order valence-electron chi connectivity index (χ0n) is 15.0. The minimum absolute atomic E-state index is 0.0272. The highest BCUT2D eigenvalue weighted by Crippen LogP contribution is 2.21. The fraction of sp³-hybridized carbons (Fsp3) is 0.211. The molecule has 0 spiro atoms. The van der Waals surface area contributed by atoms with Crippen molar-refractivity contribution >= 4 is 23.4 Å². The van der Waals surface area contributed by atoms with Crippen LogP contribution in [0.15, 0.2) is 52.9 Å². The van der Waals surface area contributed by atoms with E-state index >= 15 is 0 Å². The molecule has 2 aromatic carbocycles. The van der Waals surface area contributed by atoms with Crippen LogP contribution >= 0.6 is 11.8 Å². The topological polar surface area (TPSA) is 108 Å². The molecule has 0 N–H and O–H groups in total. The Kier molecular flexibility index (Phi) is 6.38. The van der Waals surface area contributed by atoms with Gasteiger partial charge in [-0.25, -0.2) is 0 Å². The zero-order chi connectivity index (χ0) is 19.9. The number of ether oxygens (including phenoxy) is 1. The van der Waals surface area contributed by atoms with Crippen molar-refractivity contribution in [3.63, 3.8) is 0 Å². The SMILES string of the molecule is Cc1cccc(CSCC(=O)OCc2nnc(-c3ccc([N+](=O)[O-])cc3)o2)c1. The first kappa shape index (κ1) is 19.6. The van der Waals surface area contributed by atoms with E-state index in [2.05, 4.69) is 16.3 Å². The lowest BCUT2D eigenvalue weighted by molar-refractivity contribution is -0.384. The summed E-state index contributed by atoms with van der Waals surface area (Å²) in [4.78, 5) is 22.0. The molecule has 9 heteroatoms. The second kappa shape index (κ2) is 9.14. The summed E-state index contributed by atoms with van der Waals surface area (Å²) in [6.07, 6.45) is 0. The summed E-state index contributed by atoms with van der Waals surface area (Å²) in [6, 6.07) is 13.8. The minimum atomic E-state index is -0.487. The first-order valence-electron chi connectivity index (χ1n) is 8.37. The fourth-order valence-electron chi connectivity index (χ4n) is 2.39. The fourth-order valence-corrected chi connectivity index (χ4v) is 3.16. The van der Waals surface area contributed by atoms with Gasteiger partial charge in [-0.1, -0.05) is 29.8 Å². The third kappa shape index (κ3) is 5.40. The molecule has 144 valence electrons. The summed E-state index contributed by atoms with van der Waals surface area (Å²) in [5.41, 5.74) is 2.85. The quantitative estimate of drug-likeness (QED) is 0.318. The average molecular weight is 399 g/mol. The number of aryl methyl sites for hydroxylation is 1. The maximum absolute atomic E-state index is 11.9. The van der Waals surface area contributed by atoms with E-state index in [0.29, 0.717) is 5.56 Å². The number of aromatic nitrogens is 2. The Morgan fingerprint density at radius 2 is 2.00 bits per heavy atom. The van der Waals surface area contributed by atoms with Gasteiger partial charge in [-0.15, -0.1) is 22.0 Å². The molecule has 0 aliphatic carbocycles. The number of benzene rings is 2. The first-order chi connectivity index (χ1) is 13.5. The Bertz CT molecular complexity index is 972. The van der Waals surface area contributed by atoms with E-state index in [4.69, 9.17) is 9.15 Å². The summed E-state index contributed by atoms with van der Waals surface area (Å²) in [6.45, 7) is 1.90. The van der Waals surface area contributed by atoms with Gasteiger partial charge in [-0.2, -0.15) is 0 Å². The van der Waals surface area contributed by atoms with Crippen molar-refractivity contribution in [2.75, 3.05) is 5.75 Å². The molecule has 0 unspecified atom stereocenters. The Morgan fingerprint density at radius 1 is 1.21 bits per heavy atom. The highest BCUT2D eigenvalue weighted by molar-refractivity contribution is 7.99. The number of non-ortho nitro benzene ring substituents is 1. The predicted octanol–water partition coefficient (Wildman–Crippen LogP) is 3.93. The Hall–Kier alpha value is -3.20. The van der Waals surface area contributed by atoms with Crippen LogP contribution in [0.4, 0.5) is 5.69 Å². The molecule has 8 nitrogen and oxygen atoms in total. The lowest BCUT2D eigenvalue weighted by Gasteiger charge is -2.03. The van der Waals surface area contributed by atoms with Crippen LogP contribution in [0.2, 0.25) is 0 Å². The number of thioether (sulfide) groups is 1. The van der Waals surface area contributed by atoms with Gasteiger partial charge in [0.25, 0.3) is 11.6 Å². The third-order valence-corrected chi connectivity index (χ3v) is 4.70. The van der Waals surface area contributed by atoms with Crippen molar-refractivity contribution in [2.45, 2.75) is 19.3 Å². The van der Waals surface area contributed by atoms with Gasteiger partial charge in [0.2, 0.25) is 5.89 Å². The van der Waals surface area contributed by atoms with Gasteiger partial charge in [0.05, 0.1) is 10.7 Å². The first-order valence-corrected chi connectivity index (χ1v) is 9.53. The van der Waals surface area contributed by atoms with E-state index in [9.17, 15) is 14.9 Å². The Morgan fingerprint density at radius 3 is 2.71 bits per heavy atom. The molecule has 28 heavy (non-hydrogen) atoms. The van der Waals surface area contributed by atoms with Crippen LogP contribution in [-0.4, -0.2) is 26.8 Å². The number of nitrogens with zero attached hydrogens (tertiary/aromatic N) is 3. The number of hydrogen-bond donors (Lipinski definition) is 0. The lowest BCUT2D eigenvalue weighted by atomic mass is 10.2. The van der Waals surface area contributed by atoms with E-state index in [1.54, 1.807) is 0 Å². The number of rotatable bonds is 8. The van der Waals surface area contributed by atoms with Gasteiger partial charge in [0, 0.05) is 23.4 Å². The van der Waals surface area contributed by atoms with Gasteiger partial charge < -0.3 is 9.15 Å². The smallest absolute Gasteiger partial charge is 0.316 e. The zero-order valence-corrected chi connectivity index (χ0v) is 15.8. The Labute approximate surface area is 165 Å². The largest absolute Gasteiger partial charge is 0.455 e. The molecule has 0 aliphatic rings. The summed E-state index contributed by atoms with van der Waals surface area (Å²) in [5.74, 6) is 0.937. The molecule has 0 fully saturated rings. The second-order valence-electron chi connectivity index (χ2n) is 5.95. The molecule has 0 amide bonds. The molecule has 1 heterocycles. The number of carbonyl (C=O) groups excluding carboxylic acids is 1. The summed E-state index contributed by atoms with van der Waals surface area (Å²) in [5, 5.41) is 18.4. The van der Waals surface area contributed by atoms with E-state index in [1.807, 2.05) is 25.1 Å². The van der Waals surface area contributed by atoms with Crippen molar-refractivity contribution in [1.29, 1.82) is 0 Å². The molecule has 0 aliphatic heterocycles. The van der Waals surface area contributed by atoms with Crippen molar-refractivity contribution in [3.8, 4) is 11.5 Å². The number of hydrogen-bond acceptors (Lipinski definition) is 8. The molecule has 0 saturated carbocycles. The lowest BCUT2D eigenvalue weighted by Crippen LogP contribution is -2.07. The maximum atomic E-state index is 11.9. The van der Waals surface area contributed by atoms with Gasteiger partial charge in [0.1, 0.15) is 0 Å². The highest BCUT2D eigenvalue weighted by Gasteiger charge is 2.13. The molecular weight excluding hydrogens is 382 g/mol. The van der Waals surface area contributed by atoms with E-state index in [-0.39, 0.29) is 35.8 Å². The predicted molar refractivity (Wildman–Crippen MR) is 104 cm³/mol. The van der Waals surface area contributed by atoms with E-state index in [0.717, 1.165) is 11.3 Å². The summed E-state index contributed by atoms with van der Waals surface area (Å²) >= 11 is 1.47. The summed E-state index contributed by atoms with van der Waals surface area (Å²) in [7, 11) is 0. The number of nitro benzene ring substituents is 1. The van der Waals surface area contributed by atoms with Crippen molar-refractivity contribution < 1.29 is 18.9 Å². The molecular formula is C19H17N3O5S. The monoisotopic (exact) mass is 399 g/mol. The molecule has 1 aromatic heterocycles. The van der Waals surface area contributed by atoms with Crippen LogP contribution in [-0.2, 0) is 21.9 Å². The number of nitro groups is 1. The van der Waals surface area contributed by atoms with Crippen LogP contribution in [0.5, 0.6) is 0 Å². The molecule has 3 aromatic rings. The van der Waals surface area contributed by atoms with Crippen LogP contribution in [0.1, 0.15) is 17.0 Å². The third-order valence-electron chi connectivity index (χ3n) is 3.72. The maximum Gasteiger partial charge on any atom is 0.316 e. The van der Waals surface area contributed by atoms with Crippen molar-refractivity contribution in [2.24, 2.45) is 0 Å². The van der Waals surface area contributed by atoms with Crippen LogP contribution < -0.4 is 0 Å². The van der Waals surface area contributed by atoms with Crippen LogP contribution in [0.25, 0.3) is 11.5 Å². The minimum Gasteiger partial charge on any atom is -0.455 e. The number of carbonyl (C=O) groups is 1. The van der Waals surface area contributed by atoms with Crippen LogP contribution in [0.3, 0.4) is 0 Å².